The summed E-state index contributed by atoms with van der Waals surface area (Å²) in [4.78, 5) is 17.4. The topological polar surface area (TPSA) is 63.5 Å². The van der Waals surface area contributed by atoms with Crippen LogP contribution in [-0.2, 0) is 17.9 Å². The van der Waals surface area contributed by atoms with E-state index >= 15 is 0 Å². The molecule has 0 unspecified atom stereocenters. The van der Waals surface area contributed by atoms with E-state index in [1.807, 2.05) is 29.2 Å². The molecule has 0 N–H and O–H groups in total. The lowest BCUT2D eigenvalue weighted by molar-refractivity contribution is -0.128. The van der Waals surface area contributed by atoms with Crippen LogP contribution in [0.15, 0.2) is 53.7 Å². The minimum Gasteiger partial charge on any atom is -0.497 e. The Balaban J connectivity index is 1.32. The summed E-state index contributed by atoms with van der Waals surface area (Å²) >= 11 is 1.48. The normalized spacial score (nSPS) is 14.7. The Kier molecular flexibility index (Phi) is 8.24. The molecule has 0 atom stereocenters. The van der Waals surface area contributed by atoms with E-state index in [1.54, 1.807) is 7.11 Å². The average molecular weight is 480 g/mol. The van der Waals surface area contributed by atoms with Crippen molar-refractivity contribution in [3.63, 3.8) is 0 Å². The van der Waals surface area contributed by atoms with E-state index in [4.69, 9.17) is 4.74 Å². The second-order valence-electron chi connectivity index (χ2n) is 8.51. The second-order valence-corrected chi connectivity index (χ2v) is 9.46. The summed E-state index contributed by atoms with van der Waals surface area (Å²) < 4.78 is 7.34. The molecule has 1 aliphatic heterocycles. The van der Waals surface area contributed by atoms with Gasteiger partial charge in [0, 0.05) is 44.8 Å². The second kappa shape index (κ2) is 11.5. The third-order valence-electron chi connectivity index (χ3n) is 6.25. The number of aromatic nitrogens is 3. The number of carbonyl (C=O) groups excluding carboxylic acids is 1. The smallest absolute Gasteiger partial charge is 0.233 e. The highest BCUT2D eigenvalue weighted by atomic mass is 32.2. The summed E-state index contributed by atoms with van der Waals surface area (Å²) in [6, 6.07) is 16.4. The fourth-order valence-corrected chi connectivity index (χ4v) is 5.19. The van der Waals surface area contributed by atoms with Crippen LogP contribution >= 0.6 is 11.8 Å². The molecule has 2 aromatic carbocycles. The van der Waals surface area contributed by atoms with E-state index in [-0.39, 0.29) is 5.91 Å². The zero-order chi connectivity index (χ0) is 23.9. The van der Waals surface area contributed by atoms with Gasteiger partial charge in [0.05, 0.1) is 12.9 Å². The lowest BCUT2D eigenvalue weighted by Gasteiger charge is -2.22. The molecule has 7 nitrogen and oxygen atoms in total. The van der Waals surface area contributed by atoms with E-state index in [9.17, 15) is 4.79 Å². The highest BCUT2D eigenvalue weighted by Crippen LogP contribution is 2.26. The van der Waals surface area contributed by atoms with Crippen LogP contribution in [0.2, 0.25) is 0 Å². The average Bonchev–Trinajstić information content (AvgIpc) is 3.12. The monoisotopic (exact) mass is 479 g/mol. The summed E-state index contributed by atoms with van der Waals surface area (Å²) in [6.45, 7) is 9.25. The Morgan fingerprint density at radius 1 is 1.03 bits per heavy atom. The first-order valence-electron chi connectivity index (χ1n) is 11.8. The molecule has 180 valence electrons. The van der Waals surface area contributed by atoms with Crippen molar-refractivity contribution in [1.82, 2.24) is 24.6 Å². The number of amides is 1. The van der Waals surface area contributed by atoms with Crippen LogP contribution in [0.1, 0.15) is 24.5 Å². The zero-order valence-electron chi connectivity index (χ0n) is 20.2. The van der Waals surface area contributed by atoms with Crippen molar-refractivity contribution in [2.24, 2.45) is 0 Å². The maximum atomic E-state index is 13.0. The van der Waals surface area contributed by atoms with E-state index in [0.717, 1.165) is 68.0 Å². The molecule has 1 aromatic heterocycles. The summed E-state index contributed by atoms with van der Waals surface area (Å²) in [7, 11) is 1.68. The predicted octanol–water partition coefficient (Wildman–Crippen LogP) is 4.11. The van der Waals surface area contributed by atoms with E-state index in [0.29, 0.717) is 5.75 Å². The van der Waals surface area contributed by atoms with Gasteiger partial charge in [-0.2, -0.15) is 0 Å². The zero-order valence-corrected chi connectivity index (χ0v) is 21.1. The molecule has 3 aromatic rings. The van der Waals surface area contributed by atoms with Crippen LogP contribution in [0.3, 0.4) is 0 Å². The molecule has 1 aliphatic rings. The molecule has 1 amide bonds. The molecule has 0 saturated carbocycles. The van der Waals surface area contributed by atoms with Gasteiger partial charge in [0.15, 0.2) is 11.0 Å². The van der Waals surface area contributed by atoms with Crippen LogP contribution in [0.25, 0.3) is 11.4 Å². The van der Waals surface area contributed by atoms with Gasteiger partial charge in [-0.15, -0.1) is 10.2 Å². The third kappa shape index (κ3) is 5.80. The molecule has 0 spiro atoms. The highest BCUT2D eigenvalue weighted by molar-refractivity contribution is 7.99. The minimum atomic E-state index is 0.166. The Bertz CT molecular complexity index is 1100. The molecule has 2 heterocycles. The van der Waals surface area contributed by atoms with Crippen molar-refractivity contribution in [1.29, 1.82) is 0 Å². The maximum Gasteiger partial charge on any atom is 0.233 e. The first-order valence-corrected chi connectivity index (χ1v) is 12.8. The number of thioether (sulfide) groups is 1. The Morgan fingerprint density at radius 2 is 1.82 bits per heavy atom. The molecule has 1 saturated heterocycles. The number of carbonyl (C=O) groups is 1. The van der Waals surface area contributed by atoms with Gasteiger partial charge >= 0.3 is 0 Å². The van der Waals surface area contributed by atoms with Crippen LogP contribution in [-0.4, -0.2) is 69.5 Å². The third-order valence-corrected chi connectivity index (χ3v) is 7.20. The van der Waals surface area contributed by atoms with Gasteiger partial charge < -0.3 is 14.2 Å². The van der Waals surface area contributed by atoms with Gasteiger partial charge in [-0.1, -0.05) is 48.2 Å². The molecule has 4 rings (SSSR count). The molecular weight excluding hydrogens is 446 g/mol. The number of benzene rings is 2. The number of aryl methyl sites for hydroxylation is 1. The van der Waals surface area contributed by atoms with E-state index in [2.05, 4.69) is 57.8 Å². The lowest BCUT2D eigenvalue weighted by Crippen LogP contribution is -2.36. The quantitative estimate of drug-likeness (QED) is 0.453. The predicted molar refractivity (Wildman–Crippen MR) is 136 cm³/mol. The fourth-order valence-electron chi connectivity index (χ4n) is 4.29. The number of hydrogen-bond acceptors (Lipinski definition) is 6. The standard InChI is InChI=1S/C26H33N5O2S/c1-4-31-25(23-9-6-5-8-20(23)2)27-28-26(31)34-19-24(32)30-15-7-14-29(16-17-30)18-21-10-12-22(33-3)13-11-21/h5-6,8-13H,4,7,14-19H2,1-3H3. The first-order chi connectivity index (χ1) is 16.6. The number of methoxy groups -OCH3 is 1. The fraction of sp³-hybridized carbons (Fsp3) is 0.423. The molecule has 0 bridgehead atoms. The molecule has 1 fully saturated rings. The number of hydrogen-bond donors (Lipinski definition) is 0. The van der Waals surface area contributed by atoms with Crippen molar-refractivity contribution in [2.45, 2.75) is 38.5 Å². The minimum absolute atomic E-state index is 0.166. The van der Waals surface area contributed by atoms with Crippen LogP contribution in [0, 0.1) is 6.92 Å². The van der Waals surface area contributed by atoms with Crippen molar-refractivity contribution in [2.75, 3.05) is 39.0 Å². The van der Waals surface area contributed by atoms with Crippen molar-refractivity contribution >= 4 is 17.7 Å². The van der Waals surface area contributed by atoms with Crippen LogP contribution in [0.5, 0.6) is 5.75 Å². The Hall–Kier alpha value is -2.84. The van der Waals surface area contributed by atoms with E-state index in [1.165, 1.54) is 22.9 Å². The number of ether oxygens (including phenoxy) is 1. The molecule has 0 aliphatic carbocycles. The van der Waals surface area contributed by atoms with Crippen molar-refractivity contribution < 1.29 is 9.53 Å². The Morgan fingerprint density at radius 3 is 2.56 bits per heavy atom. The van der Waals surface area contributed by atoms with Gasteiger partial charge in [0.1, 0.15) is 5.75 Å². The van der Waals surface area contributed by atoms with Crippen LogP contribution < -0.4 is 4.74 Å². The summed E-state index contributed by atoms with van der Waals surface area (Å²) in [5.74, 6) is 2.28. The molecule has 34 heavy (non-hydrogen) atoms. The van der Waals surface area contributed by atoms with Gasteiger partial charge in [-0.05, 0) is 43.5 Å². The largest absolute Gasteiger partial charge is 0.497 e. The van der Waals surface area contributed by atoms with Gasteiger partial charge in [-0.25, -0.2) is 0 Å². The molecule has 0 radical (unpaired) electrons. The maximum absolute atomic E-state index is 13.0. The van der Waals surface area contributed by atoms with Crippen LogP contribution in [0.4, 0.5) is 0 Å². The Labute approximate surface area is 206 Å². The lowest BCUT2D eigenvalue weighted by atomic mass is 10.1. The van der Waals surface area contributed by atoms with E-state index < -0.39 is 0 Å². The number of rotatable bonds is 8. The summed E-state index contributed by atoms with van der Waals surface area (Å²) in [5, 5.41) is 9.63. The van der Waals surface area contributed by atoms with Gasteiger partial charge in [-0.3, -0.25) is 9.69 Å². The highest BCUT2D eigenvalue weighted by Gasteiger charge is 2.21. The van der Waals surface area contributed by atoms with Gasteiger partial charge in [0.2, 0.25) is 5.91 Å². The summed E-state index contributed by atoms with van der Waals surface area (Å²) in [5.41, 5.74) is 3.51. The van der Waals surface area contributed by atoms with Gasteiger partial charge in [0.25, 0.3) is 0 Å². The number of nitrogens with zero attached hydrogens (tertiary/aromatic N) is 5. The molecular formula is C26H33N5O2S. The van der Waals surface area contributed by atoms with Crippen molar-refractivity contribution in [3.8, 4) is 17.1 Å². The first kappa shape index (κ1) is 24.3. The van der Waals surface area contributed by atoms with Crippen molar-refractivity contribution in [3.05, 3.63) is 59.7 Å². The molecule has 8 heteroatoms. The SMILES string of the molecule is CCn1c(SCC(=O)N2CCCN(Cc3ccc(OC)cc3)CC2)nnc1-c1ccccc1C. The summed E-state index contributed by atoms with van der Waals surface area (Å²) in [6.07, 6.45) is 0.981.